The maximum absolute atomic E-state index is 14.6. The molecule has 3 aromatic carbocycles. The molecule has 0 spiro atoms. The lowest BCUT2D eigenvalue weighted by Crippen LogP contribution is -2.47. The molecular weight excluding hydrogens is 443 g/mol. The molecule has 0 aromatic heterocycles. The molecule has 0 bridgehead atoms. The van der Waals surface area contributed by atoms with Crippen LogP contribution in [0.1, 0.15) is 42.6 Å². The fourth-order valence-electron chi connectivity index (χ4n) is 4.45. The number of hydrogen-bond acceptors (Lipinski definition) is 4. The van der Waals surface area contributed by atoms with Gasteiger partial charge in [-0.05, 0) is 60.7 Å². The molecule has 1 aliphatic heterocycles. The van der Waals surface area contributed by atoms with E-state index in [1.165, 1.54) is 12.1 Å². The molecule has 2 atom stereocenters. The zero-order chi connectivity index (χ0) is 24.3. The Balaban J connectivity index is 1.40. The quantitative estimate of drug-likeness (QED) is 0.504. The van der Waals surface area contributed by atoms with Crippen LogP contribution in [0.15, 0.2) is 66.7 Å². The number of rotatable bonds is 7. The summed E-state index contributed by atoms with van der Waals surface area (Å²) in [6.07, 6.45) is -0.348. The molecule has 1 aliphatic rings. The van der Waals surface area contributed by atoms with E-state index in [1.54, 1.807) is 31.2 Å². The summed E-state index contributed by atoms with van der Waals surface area (Å²) >= 11 is 0. The zero-order valence-corrected chi connectivity index (χ0v) is 18.9. The molecule has 1 saturated heterocycles. The van der Waals surface area contributed by atoms with Gasteiger partial charge in [-0.25, -0.2) is 13.2 Å². The molecule has 0 aliphatic carbocycles. The lowest BCUT2D eigenvalue weighted by molar-refractivity contribution is -0.0502. The third-order valence-corrected chi connectivity index (χ3v) is 6.63. The SMILES string of the molecule is CC(C(O)c1cc(F)c(OCc2ccccc2)c(F)c1)N1CCC(O)(c2ccc(F)cc2)CC1. The first-order chi connectivity index (χ1) is 16.3. The molecule has 4 nitrogen and oxygen atoms in total. The van der Waals surface area contributed by atoms with Crippen LogP contribution in [0.3, 0.4) is 0 Å². The summed E-state index contributed by atoms with van der Waals surface area (Å²) in [4.78, 5) is 1.97. The van der Waals surface area contributed by atoms with Gasteiger partial charge in [0.1, 0.15) is 12.4 Å². The number of hydrogen-bond donors (Lipinski definition) is 2. The fraction of sp³-hybridized carbons (Fsp3) is 0.333. The Labute approximate surface area is 197 Å². The van der Waals surface area contributed by atoms with E-state index < -0.39 is 35.1 Å². The Morgan fingerprint density at radius 3 is 2.12 bits per heavy atom. The van der Waals surface area contributed by atoms with Crippen LogP contribution < -0.4 is 4.74 Å². The molecule has 1 fully saturated rings. The van der Waals surface area contributed by atoms with Crippen molar-refractivity contribution in [3.63, 3.8) is 0 Å². The van der Waals surface area contributed by atoms with Gasteiger partial charge in [-0.1, -0.05) is 42.5 Å². The molecule has 0 amide bonds. The van der Waals surface area contributed by atoms with E-state index in [2.05, 4.69) is 0 Å². The highest BCUT2D eigenvalue weighted by Crippen LogP contribution is 2.36. The number of aliphatic hydroxyl groups excluding tert-OH is 1. The zero-order valence-electron chi connectivity index (χ0n) is 18.9. The molecule has 7 heteroatoms. The maximum Gasteiger partial charge on any atom is 0.191 e. The molecule has 180 valence electrons. The number of halogens is 3. The average molecular weight is 472 g/mol. The fourth-order valence-corrected chi connectivity index (χ4v) is 4.45. The molecule has 0 saturated carbocycles. The minimum Gasteiger partial charge on any atom is -0.483 e. The van der Waals surface area contributed by atoms with Crippen LogP contribution in [-0.4, -0.2) is 34.2 Å². The molecule has 34 heavy (non-hydrogen) atoms. The van der Waals surface area contributed by atoms with Gasteiger partial charge in [-0.3, -0.25) is 4.90 Å². The van der Waals surface area contributed by atoms with Crippen molar-refractivity contribution in [3.8, 4) is 5.75 Å². The van der Waals surface area contributed by atoms with E-state index in [0.29, 0.717) is 31.5 Å². The molecule has 2 N–H and O–H groups in total. The minimum atomic E-state index is -1.14. The Morgan fingerprint density at radius 2 is 1.53 bits per heavy atom. The van der Waals surface area contributed by atoms with Gasteiger partial charge in [-0.2, -0.15) is 0 Å². The maximum atomic E-state index is 14.6. The van der Waals surface area contributed by atoms with E-state index in [4.69, 9.17) is 4.74 Å². The van der Waals surface area contributed by atoms with Crippen molar-refractivity contribution in [1.29, 1.82) is 0 Å². The van der Waals surface area contributed by atoms with Gasteiger partial charge < -0.3 is 14.9 Å². The van der Waals surface area contributed by atoms with Crippen molar-refractivity contribution in [2.75, 3.05) is 13.1 Å². The first-order valence-electron chi connectivity index (χ1n) is 11.3. The van der Waals surface area contributed by atoms with Crippen molar-refractivity contribution in [3.05, 3.63) is 101 Å². The third kappa shape index (κ3) is 5.27. The van der Waals surface area contributed by atoms with E-state index in [-0.39, 0.29) is 18.0 Å². The van der Waals surface area contributed by atoms with Crippen LogP contribution in [0.25, 0.3) is 0 Å². The van der Waals surface area contributed by atoms with Crippen molar-refractivity contribution in [1.82, 2.24) is 4.90 Å². The Hall–Kier alpha value is -2.87. The van der Waals surface area contributed by atoms with Gasteiger partial charge in [0, 0.05) is 19.1 Å². The third-order valence-electron chi connectivity index (χ3n) is 6.63. The van der Waals surface area contributed by atoms with Crippen molar-refractivity contribution < 1.29 is 28.1 Å². The van der Waals surface area contributed by atoms with E-state index >= 15 is 0 Å². The minimum absolute atomic E-state index is 0.0255. The average Bonchev–Trinajstić information content (AvgIpc) is 2.84. The summed E-state index contributed by atoms with van der Waals surface area (Å²) in [5.74, 6) is -2.59. The number of benzene rings is 3. The van der Waals surface area contributed by atoms with Gasteiger partial charge in [0.25, 0.3) is 0 Å². The standard InChI is InChI=1S/C27H28F3NO3/c1-18(31-13-11-27(33,12-14-31)21-7-9-22(28)10-8-21)25(32)20-15-23(29)26(24(30)16-20)34-17-19-5-3-2-4-6-19/h2-10,15-16,18,25,32-33H,11-14,17H2,1H3. The van der Waals surface area contributed by atoms with Crippen molar-refractivity contribution in [2.24, 2.45) is 0 Å². The summed E-state index contributed by atoms with van der Waals surface area (Å²) in [6.45, 7) is 2.74. The number of piperidine rings is 1. The van der Waals surface area contributed by atoms with Gasteiger partial charge >= 0.3 is 0 Å². The largest absolute Gasteiger partial charge is 0.483 e. The van der Waals surface area contributed by atoms with Crippen LogP contribution in [0.5, 0.6) is 5.75 Å². The Kier molecular flexibility index (Phi) is 7.26. The van der Waals surface area contributed by atoms with E-state index in [1.807, 2.05) is 23.1 Å². The highest BCUT2D eigenvalue weighted by Gasteiger charge is 2.37. The second-order valence-corrected chi connectivity index (χ2v) is 8.85. The number of aliphatic hydroxyl groups is 2. The van der Waals surface area contributed by atoms with Crippen LogP contribution in [-0.2, 0) is 12.2 Å². The van der Waals surface area contributed by atoms with Crippen LogP contribution >= 0.6 is 0 Å². The van der Waals surface area contributed by atoms with Gasteiger partial charge in [0.05, 0.1) is 11.7 Å². The number of ether oxygens (including phenoxy) is 1. The van der Waals surface area contributed by atoms with Crippen molar-refractivity contribution in [2.45, 2.75) is 44.1 Å². The number of likely N-dealkylation sites (tertiary alicyclic amines) is 1. The second kappa shape index (κ2) is 10.2. The molecular formula is C27H28F3NO3. The summed E-state index contributed by atoms with van der Waals surface area (Å²) in [6, 6.07) is 16.6. The van der Waals surface area contributed by atoms with Gasteiger partial charge in [-0.15, -0.1) is 0 Å². The summed E-state index contributed by atoms with van der Waals surface area (Å²) in [5.41, 5.74) is 0.473. The molecule has 2 unspecified atom stereocenters. The van der Waals surface area contributed by atoms with Gasteiger partial charge in [0.15, 0.2) is 17.4 Å². The molecule has 1 heterocycles. The monoisotopic (exact) mass is 471 g/mol. The van der Waals surface area contributed by atoms with Crippen LogP contribution in [0.4, 0.5) is 13.2 Å². The van der Waals surface area contributed by atoms with Gasteiger partial charge in [0.2, 0.25) is 0 Å². The topological polar surface area (TPSA) is 52.9 Å². The Bertz CT molecular complexity index is 1080. The summed E-state index contributed by atoms with van der Waals surface area (Å²) < 4.78 is 47.9. The lowest BCUT2D eigenvalue weighted by Gasteiger charge is -2.42. The van der Waals surface area contributed by atoms with Crippen LogP contribution in [0, 0.1) is 17.5 Å². The summed E-state index contributed by atoms with van der Waals surface area (Å²) in [5, 5.41) is 21.8. The van der Waals surface area contributed by atoms with E-state index in [0.717, 1.165) is 17.7 Å². The number of nitrogens with zero attached hydrogens (tertiary/aromatic N) is 1. The summed E-state index contributed by atoms with van der Waals surface area (Å²) in [7, 11) is 0. The van der Waals surface area contributed by atoms with Crippen LogP contribution in [0.2, 0.25) is 0 Å². The molecule has 0 radical (unpaired) electrons. The first-order valence-corrected chi connectivity index (χ1v) is 11.3. The smallest absolute Gasteiger partial charge is 0.191 e. The first kappa shape index (κ1) is 24.3. The molecule has 4 rings (SSSR count). The lowest BCUT2D eigenvalue weighted by atomic mass is 9.83. The highest BCUT2D eigenvalue weighted by molar-refractivity contribution is 5.33. The predicted molar refractivity (Wildman–Crippen MR) is 123 cm³/mol. The molecule has 3 aromatic rings. The predicted octanol–water partition coefficient (Wildman–Crippen LogP) is 5.09. The highest BCUT2D eigenvalue weighted by atomic mass is 19.1. The second-order valence-electron chi connectivity index (χ2n) is 8.85. The Morgan fingerprint density at radius 1 is 0.941 bits per heavy atom. The normalized spacial score (nSPS) is 17.8. The van der Waals surface area contributed by atoms with E-state index in [9.17, 15) is 23.4 Å². The van der Waals surface area contributed by atoms with Crippen molar-refractivity contribution >= 4 is 0 Å².